The number of pyridine rings is 1. The van der Waals surface area contributed by atoms with Crippen molar-refractivity contribution < 1.29 is 9.59 Å². The van der Waals surface area contributed by atoms with E-state index in [2.05, 4.69) is 29.2 Å². The molecule has 3 N–H and O–H groups in total. The average Bonchev–Trinajstić information content (AvgIpc) is 3.14. The summed E-state index contributed by atoms with van der Waals surface area (Å²) in [5.74, 6) is -0.273. The second-order valence-electron chi connectivity index (χ2n) is 7.56. The molecule has 8 nitrogen and oxygen atoms in total. The van der Waals surface area contributed by atoms with Crippen molar-refractivity contribution >= 4 is 22.8 Å². The highest BCUT2D eigenvalue weighted by molar-refractivity contribution is 6.05. The lowest BCUT2D eigenvalue weighted by Gasteiger charge is -2.32. The van der Waals surface area contributed by atoms with Crippen LogP contribution in [0.1, 0.15) is 55.2 Å². The van der Waals surface area contributed by atoms with Gasteiger partial charge in [0.25, 0.3) is 5.91 Å². The zero-order valence-electron chi connectivity index (χ0n) is 16.9. The number of nitrogens with zero attached hydrogens (tertiary/aromatic N) is 4. The van der Waals surface area contributed by atoms with Crippen molar-refractivity contribution in [1.29, 1.82) is 0 Å². The van der Waals surface area contributed by atoms with Crippen LogP contribution in [0.25, 0.3) is 11.0 Å². The first-order valence-corrected chi connectivity index (χ1v) is 10.1. The van der Waals surface area contributed by atoms with Gasteiger partial charge in [-0.25, -0.2) is 9.67 Å². The Hall–Kier alpha value is -2.48. The molecule has 0 aliphatic carbocycles. The van der Waals surface area contributed by atoms with Gasteiger partial charge in [0.2, 0.25) is 5.91 Å². The normalized spacial score (nSPS) is 18.3. The quantitative estimate of drug-likeness (QED) is 0.785. The summed E-state index contributed by atoms with van der Waals surface area (Å²) in [6.45, 7) is 8.04. The van der Waals surface area contributed by atoms with Crippen LogP contribution in [0, 0.1) is 12.8 Å². The summed E-state index contributed by atoms with van der Waals surface area (Å²) in [4.78, 5) is 32.0. The Morgan fingerprint density at radius 1 is 1.43 bits per heavy atom. The van der Waals surface area contributed by atoms with Gasteiger partial charge < -0.3 is 16.0 Å². The van der Waals surface area contributed by atoms with Crippen LogP contribution in [0.4, 0.5) is 0 Å². The fourth-order valence-electron chi connectivity index (χ4n) is 3.70. The number of nitrogens with one attached hydrogen (secondary N) is 1. The van der Waals surface area contributed by atoms with Crippen LogP contribution in [0.3, 0.4) is 0 Å². The summed E-state index contributed by atoms with van der Waals surface area (Å²) < 4.78 is 1.89. The first kappa shape index (κ1) is 20.3. The van der Waals surface area contributed by atoms with Gasteiger partial charge in [-0.2, -0.15) is 5.10 Å². The second kappa shape index (κ2) is 8.68. The Kier molecular flexibility index (Phi) is 6.28. The minimum Gasteiger partial charge on any atom is -0.355 e. The molecular formula is C20H30N6O2. The van der Waals surface area contributed by atoms with Gasteiger partial charge in [-0.1, -0.05) is 6.92 Å². The van der Waals surface area contributed by atoms with E-state index in [0.29, 0.717) is 31.7 Å². The third-order valence-electron chi connectivity index (χ3n) is 5.46. The van der Waals surface area contributed by atoms with E-state index in [1.165, 1.54) is 0 Å². The molecule has 1 fully saturated rings. The van der Waals surface area contributed by atoms with Gasteiger partial charge in [0.1, 0.15) is 0 Å². The van der Waals surface area contributed by atoms with Gasteiger partial charge >= 0.3 is 0 Å². The summed E-state index contributed by atoms with van der Waals surface area (Å²) >= 11 is 0. The average molecular weight is 387 g/mol. The van der Waals surface area contributed by atoms with E-state index in [0.717, 1.165) is 36.0 Å². The van der Waals surface area contributed by atoms with Crippen molar-refractivity contribution in [2.75, 3.05) is 26.2 Å². The molecule has 0 saturated carbocycles. The SMILES string of the molecule is CCC(C)n1ncc2c(C(=O)N3CCCC(C(=O)NCCN)C3)cc(C)nc21. The number of likely N-dealkylation sites (tertiary alicyclic amines) is 1. The van der Waals surface area contributed by atoms with Gasteiger partial charge in [0.15, 0.2) is 5.65 Å². The zero-order valence-corrected chi connectivity index (χ0v) is 16.9. The number of nitrogens with two attached hydrogens (primary N) is 1. The van der Waals surface area contributed by atoms with E-state index in [-0.39, 0.29) is 23.8 Å². The Morgan fingerprint density at radius 3 is 2.93 bits per heavy atom. The number of carbonyl (C=O) groups excluding carboxylic acids is 2. The fraction of sp³-hybridized carbons (Fsp3) is 0.600. The number of piperidine rings is 1. The van der Waals surface area contributed by atoms with Crippen molar-refractivity contribution in [1.82, 2.24) is 25.0 Å². The van der Waals surface area contributed by atoms with Crippen LogP contribution >= 0.6 is 0 Å². The molecule has 0 aromatic carbocycles. The molecule has 0 radical (unpaired) electrons. The van der Waals surface area contributed by atoms with E-state index in [1.807, 2.05) is 17.7 Å². The molecule has 2 unspecified atom stereocenters. The zero-order chi connectivity index (χ0) is 20.3. The van der Waals surface area contributed by atoms with E-state index < -0.39 is 0 Å². The highest BCUT2D eigenvalue weighted by Gasteiger charge is 2.30. The van der Waals surface area contributed by atoms with E-state index in [1.54, 1.807) is 11.1 Å². The van der Waals surface area contributed by atoms with E-state index >= 15 is 0 Å². The number of hydrogen-bond acceptors (Lipinski definition) is 5. The maximum absolute atomic E-state index is 13.3. The Balaban J connectivity index is 1.86. The lowest BCUT2D eigenvalue weighted by atomic mass is 9.96. The summed E-state index contributed by atoms with van der Waals surface area (Å²) in [6.07, 6.45) is 4.26. The molecule has 1 saturated heterocycles. The lowest BCUT2D eigenvalue weighted by molar-refractivity contribution is -0.126. The molecule has 1 aliphatic heterocycles. The minimum absolute atomic E-state index is 0.0244. The maximum Gasteiger partial charge on any atom is 0.254 e. The number of rotatable bonds is 6. The predicted octanol–water partition coefficient (Wildman–Crippen LogP) is 1.64. The lowest BCUT2D eigenvalue weighted by Crippen LogP contribution is -2.46. The largest absolute Gasteiger partial charge is 0.355 e. The van der Waals surface area contributed by atoms with Gasteiger partial charge in [-0.05, 0) is 39.2 Å². The Bertz CT molecular complexity index is 862. The summed E-state index contributed by atoms with van der Waals surface area (Å²) in [5.41, 5.74) is 7.61. The third-order valence-corrected chi connectivity index (χ3v) is 5.46. The molecule has 2 atom stereocenters. The van der Waals surface area contributed by atoms with Gasteiger partial charge in [-0.3, -0.25) is 9.59 Å². The molecule has 8 heteroatoms. The van der Waals surface area contributed by atoms with Crippen molar-refractivity contribution in [3.05, 3.63) is 23.5 Å². The number of amides is 2. The Labute approximate surface area is 165 Å². The molecule has 2 aromatic heterocycles. The number of aryl methyl sites for hydroxylation is 1. The van der Waals surface area contributed by atoms with Gasteiger partial charge in [0.05, 0.1) is 29.1 Å². The van der Waals surface area contributed by atoms with Crippen LogP contribution in [0.2, 0.25) is 0 Å². The number of aromatic nitrogens is 3. The van der Waals surface area contributed by atoms with Crippen LogP contribution < -0.4 is 11.1 Å². The maximum atomic E-state index is 13.3. The van der Waals surface area contributed by atoms with E-state index in [9.17, 15) is 9.59 Å². The smallest absolute Gasteiger partial charge is 0.254 e. The molecule has 0 spiro atoms. The Morgan fingerprint density at radius 2 is 2.21 bits per heavy atom. The van der Waals surface area contributed by atoms with Crippen molar-refractivity contribution in [3.63, 3.8) is 0 Å². The minimum atomic E-state index is -0.189. The summed E-state index contributed by atoms with van der Waals surface area (Å²) in [5, 5.41) is 8.09. The molecule has 0 bridgehead atoms. The molecule has 1 aliphatic rings. The van der Waals surface area contributed by atoms with Gasteiger partial charge in [0, 0.05) is 31.9 Å². The molecule has 28 heavy (non-hydrogen) atoms. The number of hydrogen-bond donors (Lipinski definition) is 2. The topological polar surface area (TPSA) is 106 Å². The summed E-state index contributed by atoms with van der Waals surface area (Å²) in [7, 11) is 0. The monoisotopic (exact) mass is 386 g/mol. The highest BCUT2D eigenvalue weighted by Crippen LogP contribution is 2.25. The highest BCUT2D eigenvalue weighted by atomic mass is 16.2. The summed E-state index contributed by atoms with van der Waals surface area (Å²) in [6, 6.07) is 2.03. The second-order valence-corrected chi connectivity index (χ2v) is 7.56. The first-order valence-electron chi connectivity index (χ1n) is 10.1. The van der Waals surface area contributed by atoms with Gasteiger partial charge in [-0.15, -0.1) is 0 Å². The van der Waals surface area contributed by atoms with Crippen LogP contribution in [0.5, 0.6) is 0 Å². The molecule has 3 rings (SSSR count). The molecule has 3 heterocycles. The molecule has 2 aromatic rings. The first-order chi connectivity index (χ1) is 13.5. The predicted molar refractivity (Wildman–Crippen MR) is 108 cm³/mol. The molecular weight excluding hydrogens is 356 g/mol. The third kappa shape index (κ3) is 4.01. The van der Waals surface area contributed by atoms with Crippen molar-refractivity contribution in [3.8, 4) is 0 Å². The van der Waals surface area contributed by atoms with Crippen molar-refractivity contribution in [2.45, 2.75) is 46.1 Å². The fourth-order valence-corrected chi connectivity index (χ4v) is 3.70. The van der Waals surface area contributed by atoms with Crippen LogP contribution in [-0.2, 0) is 4.79 Å². The number of fused-ring (bicyclic) bond motifs is 1. The molecule has 2 amide bonds. The standard InChI is InChI=1S/C20H30N6O2/c1-4-14(3)26-18-17(11-23-26)16(10-13(2)24-18)20(28)25-9-5-6-15(12-25)19(27)22-8-7-21/h10-11,14-15H,4-9,12,21H2,1-3H3,(H,22,27). The van der Waals surface area contributed by atoms with E-state index in [4.69, 9.17) is 5.73 Å². The number of carbonyl (C=O) groups is 2. The van der Waals surface area contributed by atoms with Crippen molar-refractivity contribution in [2.24, 2.45) is 11.7 Å². The van der Waals surface area contributed by atoms with Crippen LogP contribution in [0.15, 0.2) is 12.3 Å². The van der Waals surface area contributed by atoms with Crippen LogP contribution in [-0.4, -0.2) is 57.7 Å². The molecule has 152 valence electrons.